The van der Waals surface area contributed by atoms with Gasteiger partial charge in [0.05, 0.1) is 5.69 Å². The number of halogens is 1. The number of carbonyl (C=O) groups excluding carboxylic acids is 1. The number of nitrogens with two attached hydrogens (primary N) is 1. The van der Waals surface area contributed by atoms with Gasteiger partial charge in [0.25, 0.3) is 0 Å². The van der Waals surface area contributed by atoms with E-state index in [2.05, 4.69) is 5.32 Å². The summed E-state index contributed by atoms with van der Waals surface area (Å²) in [5.41, 5.74) is 5.73. The molecule has 0 aliphatic carbocycles. The van der Waals surface area contributed by atoms with Gasteiger partial charge in [0.15, 0.2) is 0 Å². The Labute approximate surface area is 86.9 Å². The van der Waals surface area contributed by atoms with Gasteiger partial charge in [0, 0.05) is 19.1 Å². The second kappa shape index (κ2) is 3.86. The van der Waals surface area contributed by atoms with E-state index < -0.39 is 5.82 Å². The van der Waals surface area contributed by atoms with E-state index in [1.165, 1.54) is 17.0 Å². The maximum atomic E-state index is 13.2. The summed E-state index contributed by atoms with van der Waals surface area (Å²) in [5, 5.41) is 2.49. The number of nitrogens with zero attached hydrogens (tertiary/aromatic N) is 1. The van der Waals surface area contributed by atoms with Crippen LogP contribution in [0.3, 0.4) is 0 Å². The molecule has 0 saturated carbocycles. The Morgan fingerprint density at radius 1 is 1.47 bits per heavy atom. The van der Waals surface area contributed by atoms with Crippen molar-refractivity contribution >= 4 is 11.7 Å². The number of rotatable bonds is 1. The minimum absolute atomic E-state index is 0.0522. The molecule has 1 fully saturated rings. The van der Waals surface area contributed by atoms with Crippen LogP contribution in [0.4, 0.5) is 14.9 Å². The maximum Gasteiger partial charge on any atom is 0.322 e. The third-order valence-corrected chi connectivity index (χ3v) is 2.31. The monoisotopic (exact) mass is 209 g/mol. The van der Waals surface area contributed by atoms with Crippen LogP contribution in [0, 0.1) is 5.82 Å². The topological polar surface area (TPSA) is 58.4 Å². The quantitative estimate of drug-likeness (QED) is 0.725. The number of anilines is 1. The summed E-state index contributed by atoms with van der Waals surface area (Å²) in [7, 11) is 0. The van der Waals surface area contributed by atoms with Crippen LogP contribution in [-0.4, -0.2) is 30.1 Å². The van der Waals surface area contributed by atoms with Crippen LogP contribution in [0.15, 0.2) is 24.3 Å². The third kappa shape index (κ3) is 2.07. The third-order valence-electron chi connectivity index (χ3n) is 2.31. The normalized spacial score (nSPS) is 16.0. The number of amides is 2. The van der Waals surface area contributed by atoms with E-state index in [0.717, 1.165) is 0 Å². The molecule has 0 aromatic heterocycles. The fourth-order valence-corrected chi connectivity index (χ4v) is 1.44. The van der Waals surface area contributed by atoms with Crippen LogP contribution in [0.2, 0.25) is 0 Å². The molecule has 4 nitrogen and oxygen atoms in total. The molecule has 15 heavy (non-hydrogen) atoms. The zero-order valence-electron chi connectivity index (χ0n) is 8.11. The molecule has 1 saturated heterocycles. The van der Waals surface area contributed by atoms with Crippen molar-refractivity contribution in [2.24, 2.45) is 5.73 Å². The molecule has 2 rings (SSSR count). The molecule has 1 aromatic carbocycles. The number of likely N-dealkylation sites (tertiary alicyclic amines) is 1. The molecular weight excluding hydrogens is 197 g/mol. The molecule has 0 radical (unpaired) electrons. The average Bonchev–Trinajstić information content (AvgIpc) is 2.17. The van der Waals surface area contributed by atoms with E-state index in [-0.39, 0.29) is 17.8 Å². The second-order valence-electron chi connectivity index (χ2n) is 3.58. The highest BCUT2D eigenvalue weighted by Gasteiger charge is 2.27. The van der Waals surface area contributed by atoms with E-state index in [0.29, 0.717) is 13.1 Å². The molecule has 0 spiro atoms. The lowest BCUT2D eigenvalue weighted by Gasteiger charge is -2.36. The highest BCUT2D eigenvalue weighted by Crippen LogP contribution is 2.14. The molecule has 3 N–H and O–H groups in total. The first-order valence-electron chi connectivity index (χ1n) is 4.73. The molecule has 1 aromatic rings. The second-order valence-corrected chi connectivity index (χ2v) is 3.58. The number of para-hydroxylation sites is 1. The van der Waals surface area contributed by atoms with Gasteiger partial charge in [-0.3, -0.25) is 0 Å². The van der Waals surface area contributed by atoms with E-state index >= 15 is 0 Å². The zero-order chi connectivity index (χ0) is 10.8. The zero-order valence-corrected chi connectivity index (χ0v) is 8.11. The van der Waals surface area contributed by atoms with Crippen LogP contribution >= 0.6 is 0 Å². The van der Waals surface area contributed by atoms with Crippen LogP contribution in [0.1, 0.15) is 0 Å². The summed E-state index contributed by atoms with van der Waals surface area (Å²) in [5.74, 6) is -0.435. The molecule has 0 bridgehead atoms. The van der Waals surface area contributed by atoms with Crippen LogP contribution in [-0.2, 0) is 0 Å². The van der Waals surface area contributed by atoms with Crippen molar-refractivity contribution in [3.05, 3.63) is 30.1 Å². The highest BCUT2D eigenvalue weighted by atomic mass is 19.1. The SMILES string of the molecule is NC1CN(C(=O)Nc2ccccc2F)C1. The summed E-state index contributed by atoms with van der Waals surface area (Å²) >= 11 is 0. The minimum atomic E-state index is -0.435. The van der Waals surface area contributed by atoms with Gasteiger partial charge >= 0.3 is 6.03 Å². The lowest BCUT2D eigenvalue weighted by molar-refractivity contribution is 0.165. The largest absolute Gasteiger partial charge is 0.325 e. The predicted molar refractivity (Wildman–Crippen MR) is 55.0 cm³/mol. The van der Waals surface area contributed by atoms with Crippen LogP contribution < -0.4 is 11.1 Å². The predicted octanol–water partition coefficient (Wildman–Crippen LogP) is 1.00. The van der Waals surface area contributed by atoms with Crippen molar-refractivity contribution in [1.82, 2.24) is 4.90 Å². The van der Waals surface area contributed by atoms with Crippen molar-refractivity contribution in [3.8, 4) is 0 Å². The Morgan fingerprint density at radius 2 is 2.13 bits per heavy atom. The summed E-state index contributed by atoms with van der Waals surface area (Å²) in [6.45, 7) is 1.06. The van der Waals surface area contributed by atoms with Gasteiger partial charge < -0.3 is 16.0 Å². The summed E-state index contributed by atoms with van der Waals surface area (Å²) < 4.78 is 13.2. The fraction of sp³-hybridized carbons (Fsp3) is 0.300. The van der Waals surface area contributed by atoms with E-state index in [1.54, 1.807) is 12.1 Å². The molecule has 5 heteroatoms. The number of nitrogens with one attached hydrogen (secondary N) is 1. The van der Waals surface area contributed by atoms with Gasteiger partial charge in [-0.15, -0.1) is 0 Å². The van der Waals surface area contributed by atoms with Crippen molar-refractivity contribution in [3.63, 3.8) is 0 Å². The Kier molecular flexibility index (Phi) is 2.55. The summed E-state index contributed by atoms with van der Waals surface area (Å²) in [6.07, 6.45) is 0. The van der Waals surface area contributed by atoms with E-state index in [1.807, 2.05) is 0 Å². The number of hydrogen-bond donors (Lipinski definition) is 2. The first-order chi connectivity index (χ1) is 7.16. The number of hydrogen-bond acceptors (Lipinski definition) is 2. The lowest BCUT2D eigenvalue weighted by Crippen LogP contribution is -2.58. The van der Waals surface area contributed by atoms with Gasteiger partial charge in [-0.25, -0.2) is 9.18 Å². The molecular formula is C10H12FN3O. The van der Waals surface area contributed by atoms with Gasteiger partial charge in [-0.1, -0.05) is 12.1 Å². The molecule has 1 heterocycles. The van der Waals surface area contributed by atoms with Gasteiger partial charge in [0.1, 0.15) is 5.82 Å². The average molecular weight is 209 g/mol. The summed E-state index contributed by atoms with van der Waals surface area (Å²) in [4.78, 5) is 13.0. The van der Waals surface area contributed by atoms with Crippen molar-refractivity contribution in [2.45, 2.75) is 6.04 Å². The number of urea groups is 1. The van der Waals surface area contributed by atoms with Crippen LogP contribution in [0.25, 0.3) is 0 Å². The highest BCUT2D eigenvalue weighted by molar-refractivity contribution is 5.90. The van der Waals surface area contributed by atoms with E-state index in [4.69, 9.17) is 5.73 Å². The maximum absolute atomic E-state index is 13.2. The van der Waals surface area contributed by atoms with Gasteiger partial charge in [-0.05, 0) is 12.1 Å². The van der Waals surface area contributed by atoms with Crippen molar-refractivity contribution in [1.29, 1.82) is 0 Å². The Balaban J connectivity index is 1.97. The Morgan fingerprint density at radius 3 is 2.73 bits per heavy atom. The Bertz CT molecular complexity index is 377. The summed E-state index contributed by atoms with van der Waals surface area (Å²) in [6, 6.07) is 5.81. The van der Waals surface area contributed by atoms with E-state index in [9.17, 15) is 9.18 Å². The van der Waals surface area contributed by atoms with Crippen LogP contribution in [0.5, 0.6) is 0 Å². The molecule has 80 valence electrons. The van der Waals surface area contributed by atoms with Gasteiger partial charge in [-0.2, -0.15) is 0 Å². The van der Waals surface area contributed by atoms with Gasteiger partial charge in [0.2, 0.25) is 0 Å². The van der Waals surface area contributed by atoms with Crippen molar-refractivity contribution < 1.29 is 9.18 Å². The fourth-order valence-electron chi connectivity index (χ4n) is 1.44. The molecule has 1 aliphatic rings. The first kappa shape index (κ1) is 9.92. The number of carbonyl (C=O) groups is 1. The molecule has 0 unspecified atom stereocenters. The lowest BCUT2D eigenvalue weighted by atomic mass is 10.1. The minimum Gasteiger partial charge on any atom is -0.325 e. The molecule has 1 aliphatic heterocycles. The first-order valence-corrected chi connectivity index (χ1v) is 4.73. The standard InChI is InChI=1S/C10H12FN3O/c11-8-3-1-2-4-9(8)13-10(15)14-5-7(12)6-14/h1-4,7H,5-6,12H2,(H,13,15). The molecule has 2 amide bonds. The van der Waals surface area contributed by atoms with Crippen molar-refractivity contribution in [2.75, 3.05) is 18.4 Å². The smallest absolute Gasteiger partial charge is 0.322 e. The molecule has 0 atom stereocenters. The number of benzene rings is 1. The Hall–Kier alpha value is -1.62.